The molecule has 0 bridgehead atoms. The molecule has 2 aromatic carbocycles. The van der Waals surface area contributed by atoms with Crippen molar-refractivity contribution in [3.8, 4) is 5.75 Å². The monoisotopic (exact) mass is 387 g/mol. The van der Waals surface area contributed by atoms with E-state index in [9.17, 15) is 18.0 Å². The number of pyridine rings is 1. The van der Waals surface area contributed by atoms with Crippen LogP contribution >= 0.6 is 0 Å². The van der Waals surface area contributed by atoms with Crippen LogP contribution in [0, 0.1) is 0 Å². The molecule has 2 N–H and O–H groups in total. The minimum atomic E-state index is -4.43. The second-order valence-corrected chi connectivity index (χ2v) is 5.78. The molecule has 0 spiro atoms. The standard InChI is InChI=1S/C20H16F3N3O2/c1-28-16-10-8-14(9-11-16)25-18-17(3-2-12-24-18)19(27)26-15-6-4-13(5-7-15)20(21,22)23/h2-12H,1H3,(H,24,25)(H,26,27). The molecule has 3 aromatic rings. The summed E-state index contributed by atoms with van der Waals surface area (Å²) in [5.74, 6) is 0.507. The third-order valence-electron chi connectivity index (χ3n) is 3.88. The van der Waals surface area contributed by atoms with Crippen LogP contribution in [0.15, 0.2) is 66.9 Å². The van der Waals surface area contributed by atoms with Crippen molar-refractivity contribution in [2.24, 2.45) is 0 Å². The average molecular weight is 387 g/mol. The first kappa shape index (κ1) is 19.2. The molecule has 5 nitrogen and oxygen atoms in total. The van der Waals surface area contributed by atoms with E-state index in [2.05, 4.69) is 15.6 Å². The second kappa shape index (κ2) is 7.99. The van der Waals surface area contributed by atoms with Crippen molar-refractivity contribution in [2.45, 2.75) is 6.18 Å². The lowest BCUT2D eigenvalue weighted by molar-refractivity contribution is -0.137. The average Bonchev–Trinajstić information content (AvgIpc) is 2.68. The van der Waals surface area contributed by atoms with Crippen LogP contribution in [0.2, 0.25) is 0 Å². The summed E-state index contributed by atoms with van der Waals surface area (Å²) in [5, 5.41) is 5.62. The SMILES string of the molecule is COc1ccc(Nc2ncccc2C(=O)Nc2ccc(C(F)(F)F)cc2)cc1. The zero-order valence-corrected chi connectivity index (χ0v) is 14.7. The fraction of sp³-hybridized carbons (Fsp3) is 0.100. The number of hydrogen-bond acceptors (Lipinski definition) is 4. The summed E-state index contributed by atoms with van der Waals surface area (Å²) in [7, 11) is 1.56. The highest BCUT2D eigenvalue weighted by Crippen LogP contribution is 2.30. The van der Waals surface area contributed by atoms with Gasteiger partial charge in [-0.05, 0) is 60.7 Å². The highest BCUT2D eigenvalue weighted by molar-refractivity contribution is 6.07. The summed E-state index contributed by atoms with van der Waals surface area (Å²) in [6.45, 7) is 0. The Labute approximate surface area is 159 Å². The summed E-state index contributed by atoms with van der Waals surface area (Å²) in [5.41, 5.74) is 0.410. The zero-order valence-electron chi connectivity index (χ0n) is 14.7. The quantitative estimate of drug-likeness (QED) is 0.639. The molecule has 0 saturated heterocycles. The molecule has 28 heavy (non-hydrogen) atoms. The van der Waals surface area contributed by atoms with E-state index in [0.717, 1.165) is 12.1 Å². The van der Waals surface area contributed by atoms with Crippen molar-refractivity contribution < 1.29 is 22.7 Å². The number of hydrogen-bond donors (Lipinski definition) is 2. The molecule has 0 aliphatic rings. The molecule has 0 atom stereocenters. The lowest BCUT2D eigenvalue weighted by Gasteiger charge is -2.12. The van der Waals surface area contributed by atoms with E-state index >= 15 is 0 Å². The van der Waals surface area contributed by atoms with E-state index in [1.165, 1.54) is 18.3 Å². The lowest BCUT2D eigenvalue weighted by Crippen LogP contribution is -2.15. The van der Waals surface area contributed by atoms with Crippen LogP contribution in [-0.4, -0.2) is 18.0 Å². The van der Waals surface area contributed by atoms with Crippen LogP contribution < -0.4 is 15.4 Å². The van der Waals surface area contributed by atoms with Crippen molar-refractivity contribution in [3.63, 3.8) is 0 Å². The van der Waals surface area contributed by atoms with E-state index in [-0.39, 0.29) is 11.3 Å². The molecule has 3 rings (SSSR count). The molecule has 144 valence electrons. The molecule has 0 unspecified atom stereocenters. The number of ether oxygens (including phenoxy) is 1. The number of alkyl halides is 3. The third kappa shape index (κ3) is 4.59. The van der Waals surface area contributed by atoms with Gasteiger partial charge < -0.3 is 15.4 Å². The van der Waals surface area contributed by atoms with E-state index in [1.807, 2.05) is 0 Å². The molecule has 1 aromatic heterocycles. The maximum atomic E-state index is 12.6. The number of rotatable bonds is 5. The number of halogens is 3. The first-order chi connectivity index (χ1) is 13.4. The highest BCUT2D eigenvalue weighted by Gasteiger charge is 2.30. The predicted octanol–water partition coefficient (Wildman–Crippen LogP) is 5.10. The number of anilines is 3. The van der Waals surface area contributed by atoms with E-state index in [0.29, 0.717) is 17.3 Å². The smallest absolute Gasteiger partial charge is 0.416 e. The summed E-state index contributed by atoms with van der Waals surface area (Å²) in [4.78, 5) is 16.7. The Hall–Kier alpha value is -3.55. The lowest BCUT2D eigenvalue weighted by atomic mass is 10.2. The topological polar surface area (TPSA) is 63.2 Å². The van der Waals surface area contributed by atoms with Gasteiger partial charge in [-0.15, -0.1) is 0 Å². The number of benzene rings is 2. The van der Waals surface area contributed by atoms with Crippen LogP contribution in [0.5, 0.6) is 5.75 Å². The molecule has 0 radical (unpaired) electrons. The minimum absolute atomic E-state index is 0.247. The number of carbonyl (C=O) groups excluding carboxylic acids is 1. The molecule has 0 saturated carbocycles. The van der Waals surface area contributed by atoms with Crippen molar-refractivity contribution in [2.75, 3.05) is 17.7 Å². The molecule has 8 heteroatoms. The molecule has 0 aliphatic heterocycles. The van der Waals surface area contributed by atoms with E-state index in [1.54, 1.807) is 43.5 Å². The maximum Gasteiger partial charge on any atom is 0.416 e. The Bertz CT molecular complexity index is 956. The Morgan fingerprint density at radius 3 is 2.21 bits per heavy atom. The molecule has 0 fully saturated rings. The number of aromatic nitrogens is 1. The van der Waals surface area contributed by atoms with Crippen LogP contribution in [0.4, 0.5) is 30.4 Å². The van der Waals surface area contributed by atoms with Crippen LogP contribution in [0.25, 0.3) is 0 Å². The summed E-state index contributed by atoms with van der Waals surface area (Å²) in [6, 6.07) is 14.4. The Kier molecular flexibility index (Phi) is 5.49. The van der Waals surface area contributed by atoms with Gasteiger partial charge in [0.2, 0.25) is 0 Å². The molecule has 1 heterocycles. The van der Waals surface area contributed by atoms with Crippen LogP contribution in [0.1, 0.15) is 15.9 Å². The Morgan fingerprint density at radius 2 is 1.61 bits per heavy atom. The van der Waals surface area contributed by atoms with Gasteiger partial charge in [0.1, 0.15) is 11.6 Å². The second-order valence-electron chi connectivity index (χ2n) is 5.78. The molecule has 0 aliphatic carbocycles. The molecular formula is C20H16F3N3O2. The number of amides is 1. The van der Waals surface area contributed by atoms with E-state index in [4.69, 9.17) is 4.74 Å². The van der Waals surface area contributed by atoms with E-state index < -0.39 is 17.6 Å². The number of nitrogens with one attached hydrogen (secondary N) is 2. The van der Waals surface area contributed by atoms with Crippen LogP contribution in [0.3, 0.4) is 0 Å². The number of methoxy groups -OCH3 is 1. The zero-order chi connectivity index (χ0) is 20.1. The highest BCUT2D eigenvalue weighted by atomic mass is 19.4. The van der Waals surface area contributed by atoms with Crippen LogP contribution in [-0.2, 0) is 6.18 Å². The minimum Gasteiger partial charge on any atom is -0.497 e. The first-order valence-corrected chi connectivity index (χ1v) is 8.21. The van der Waals surface area contributed by atoms with Crippen molar-refractivity contribution in [1.29, 1.82) is 0 Å². The largest absolute Gasteiger partial charge is 0.497 e. The van der Waals surface area contributed by atoms with Gasteiger partial charge in [-0.1, -0.05) is 0 Å². The fourth-order valence-electron chi connectivity index (χ4n) is 2.44. The van der Waals surface area contributed by atoms with Crippen molar-refractivity contribution in [3.05, 3.63) is 78.0 Å². The van der Waals surface area contributed by atoms with Gasteiger partial charge in [-0.3, -0.25) is 4.79 Å². The van der Waals surface area contributed by atoms with Gasteiger partial charge in [-0.2, -0.15) is 13.2 Å². The fourth-order valence-corrected chi connectivity index (χ4v) is 2.44. The number of carbonyl (C=O) groups is 1. The third-order valence-corrected chi connectivity index (χ3v) is 3.88. The van der Waals surface area contributed by atoms with Gasteiger partial charge in [0.05, 0.1) is 18.2 Å². The van der Waals surface area contributed by atoms with Gasteiger partial charge in [0.15, 0.2) is 0 Å². The predicted molar refractivity (Wildman–Crippen MR) is 99.9 cm³/mol. The number of nitrogens with zero attached hydrogens (tertiary/aromatic N) is 1. The van der Waals surface area contributed by atoms with Crippen molar-refractivity contribution >= 4 is 23.1 Å². The van der Waals surface area contributed by atoms with Crippen molar-refractivity contribution in [1.82, 2.24) is 4.98 Å². The van der Waals surface area contributed by atoms with Gasteiger partial charge >= 0.3 is 6.18 Å². The summed E-state index contributed by atoms with van der Waals surface area (Å²) in [6.07, 6.45) is -2.90. The van der Waals surface area contributed by atoms with Gasteiger partial charge in [0, 0.05) is 17.6 Å². The normalized spacial score (nSPS) is 11.0. The first-order valence-electron chi connectivity index (χ1n) is 8.21. The Morgan fingerprint density at radius 1 is 0.964 bits per heavy atom. The molecular weight excluding hydrogens is 371 g/mol. The summed E-state index contributed by atoms with van der Waals surface area (Å²) < 4.78 is 43.0. The van der Waals surface area contributed by atoms with Gasteiger partial charge in [-0.25, -0.2) is 4.98 Å². The van der Waals surface area contributed by atoms with Gasteiger partial charge in [0.25, 0.3) is 5.91 Å². The molecule has 1 amide bonds. The maximum absolute atomic E-state index is 12.6. The Balaban J connectivity index is 1.76. The summed E-state index contributed by atoms with van der Waals surface area (Å²) >= 11 is 0.